The van der Waals surface area contributed by atoms with Crippen molar-refractivity contribution >= 4 is 11.6 Å². The molecule has 2 aliphatic rings. The Balaban J connectivity index is 1.50. The van der Waals surface area contributed by atoms with E-state index >= 15 is 0 Å². The minimum absolute atomic E-state index is 0.0182. The summed E-state index contributed by atoms with van der Waals surface area (Å²) in [6, 6.07) is 20.0. The first-order chi connectivity index (χ1) is 14.7. The van der Waals surface area contributed by atoms with Crippen molar-refractivity contribution in [1.82, 2.24) is 9.88 Å². The lowest BCUT2D eigenvalue weighted by Gasteiger charge is -2.32. The number of amides is 1. The third-order valence-electron chi connectivity index (χ3n) is 6.06. The minimum atomic E-state index is -0.195. The monoisotopic (exact) mass is 399 g/mol. The van der Waals surface area contributed by atoms with Crippen molar-refractivity contribution in [3.63, 3.8) is 0 Å². The summed E-state index contributed by atoms with van der Waals surface area (Å²) in [5.74, 6) is 0.904. The van der Waals surface area contributed by atoms with Crippen LogP contribution >= 0.6 is 0 Å². The average molecular weight is 399 g/mol. The molecular formula is C25H25N3O2. The maximum Gasteiger partial charge on any atom is 0.244 e. The normalized spacial score (nSPS) is 21.0. The fourth-order valence-corrected chi connectivity index (χ4v) is 4.48. The lowest BCUT2D eigenvalue weighted by atomic mass is 10.1. The van der Waals surface area contributed by atoms with E-state index in [1.807, 2.05) is 47.5 Å². The Kier molecular flexibility index (Phi) is 4.97. The number of anilines is 1. The van der Waals surface area contributed by atoms with Crippen molar-refractivity contribution in [2.45, 2.75) is 38.6 Å². The number of fused-ring (bicyclic) bond motifs is 3. The van der Waals surface area contributed by atoms with E-state index in [0.717, 1.165) is 30.1 Å². The second-order valence-electron chi connectivity index (χ2n) is 8.10. The van der Waals surface area contributed by atoms with E-state index < -0.39 is 0 Å². The Labute approximate surface area is 176 Å². The van der Waals surface area contributed by atoms with Gasteiger partial charge in [0.1, 0.15) is 11.9 Å². The molecule has 2 aromatic carbocycles. The SMILES string of the molecule is Cc1ccccc1CN1CC2CC1C(=O)N(Cc1cccnc1)c1ccccc1O2. The average Bonchev–Trinajstić information content (AvgIpc) is 3.17. The summed E-state index contributed by atoms with van der Waals surface area (Å²) in [5, 5.41) is 0. The summed E-state index contributed by atoms with van der Waals surface area (Å²) in [7, 11) is 0. The Bertz CT molecular complexity index is 1050. The molecular weight excluding hydrogens is 374 g/mol. The topological polar surface area (TPSA) is 45.7 Å². The number of aromatic nitrogens is 1. The summed E-state index contributed by atoms with van der Waals surface area (Å²) >= 11 is 0. The maximum atomic E-state index is 13.8. The van der Waals surface area contributed by atoms with Crippen molar-refractivity contribution < 1.29 is 9.53 Å². The van der Waals surface area contributed by atoms with Crippen LogP contribution in [0.2, 0.25) is 0 Å². The first kappa shape index (κ1) is 18.8. The molecule has 1 aromatic heterocycles. The number of para-hydroxylation sites is 2. The summed E-state index contributed by atoms with van der Waals surface area (Å²) in [6.07, 6.45) is 4.30. The van der Waals surface area contributed by atoms with Gasteiger partial charge in [-0.05, 0) is 41.8 Å². The third kappa shape index (κ3) is 3.57. The zero-order valence-corrected chi connectivity index (χ0v) is 17.1. The van der Waals surface area contributed by atoms with Crippen molar-refractivity contribution in [1.29, 1.82) is 0 Å². The minimum Gasteiger partial charge on any atom is -0.487 e. The van der Waals surface area contributed by atoms with Crippen LogP contribution in [0, 0.1) is 6.92 Å². The number of benzene rings is 2. The number of nitrogens with zero attached hydrogens (tertiary/aromatic N) is 3. The Morgan fingerprint density at radius 3 is 2.70 bits per heavy atom. The van der Waals surface area contributed by atoms with E-state index in [0.29, 0.717) is 13.0 Å². The first-order valence-electron chi connectivity index (χ1n) is 10.4. The smallest absolute Gasteiger partial charge is 0.244 e. The van der Waals surface area contributed by atoms with E-state index in [4.69, 9.17) is 4.74 Å². The molecule has 30 heavy (non-hydrogen) atoms. The Morgan fingerprint density at radius 1 is 1.03 bits per heavy atom. The molecule has 5 nitrogen and oxygen atoms in total. The van der Waals surface area contributed by atoms with Gasteiger partial charge >= 0.3 is 0 Å². The zero-order valence-electron chi connectivity index (χ0n) is 17.1. The highest BCUT2D eigenvalue weighted by atomic mass is 16.5. The molecule has 2 aliphatic heterocycles. The van der Waals surface area contributed by atoms with Crippen LogP contribution in [0.25, 0.3) is 0 Å². The van der Waals surface area contributed by atoms with Crippen LogP contribution in [0.15, 0.2) is 73.1 Å². The van der Waals surface area contributed by atoms with Crippen LogP contribution in [-0.4, -0.2) is 34.5 Å². The van der Waals surface area contributed by atoms with Crippen LogP contribution in [0.4, 0.5) is 5.69 Å². The predicted octanol–water partition coefficient (Wildman–Crippen LogP) is 3.96. The molecule has 1 fully saturated rings. The zero-order chi connectivity index (χ0) is 20.5. The molecule has 2 unspecified atom stereocenters. The van der Waals surface area contributed by atoms with Crippen molar-refractivity contribution in [2.75, 3.05) is 11.4 Å². The first-order valence-corrected chi connectivity index (χ1v) is 10.4. The van der Waals surface area contributed by atoms with E-state index in [2.05, 4.69) is 41.1 Å². The number of carbonyl (C=O) groups excluding carboxylic acids is 1. The number of hydrogen-bond acceptors (Lipinski definition) is 4. The fourth-order valence-electron chi connectivity index (χ4n) is 4.48. The Hall–Kier alpha value is -3.18. The molecule has 0 saturated carbocycles. The van der Waals surface area contributed by atoms with Crippen LogP contribution in [-0.2, 0) is 17.9 Å². The molecule has 0 aliphatic carbocycles. The Morgan fingerprint density at radius 2 is 1.87 bits per heavy atom. The number of rotatable bonds is 4. The van der Waals surface area contributed by atoms with Gasteiger partial charge in [-0.2, -0.15) is 0 Å². The quantitative estimate of drug-likeness (QED) is 0.666. The van der Waals surface area contributed by atoms with Crippen LogP contribution < -0.4 is 9.64 Å². The molecule has 0 N–H and O–H groups in total. The van der Waals surface area contributed by atoms with E-state index in [-0.39, 0.29) is 18.1 Å². The molecule has 2 bridgehead atoms. The number of ether oxygens (including phenoxy) is 1. The van der Waals surface area contributed by atoms with Crippen molar-refractivity contribution in [2.24, 2.45) is 0 Å². The van der Waals surface area contributed by atoms with Crippen molar-refractivity contribution in [3.8, 4) is 5.75 Å². The van der Waals surface area contributed by atoms with E-state index in [1.165, 1.54) is 11.1 Å². The van der Waals surface area contributed by atoms with Gasteiger partial charge in [0.05, 0.1) is 18.3 Å². The lowest BCUT2D eigenvalue weighted by molar-refractivity contribution is -0.123. The maximum absolute atomic E-state index is 13.8. The summed E-state index contributed by atoms with van der Waals surface area (Å²) in [5.41, 5.74) is 4.34. The summed E-state index contributed by atoms with van der Waals surface area (Å²) in [6.45, 7) is 4.10. The summed E-state index contributed by atoms with van der Waals surface area (Å²) in [4.78, 5) is 22.2. The number of hydrogen-bond donors (Lipinski definition) is 0. The molecule has 2 atom stereocenters. The molecule has 1 amide bonds. The molecule has 5 heteroatoms. The van der Waals surface area contributed by atoms with Crippen LogP contribution in [0.1, 0.15) is 23.1 Å². The fraction of sp³-hybridized carbons (Fsp3) is 0.280. The van der Waals surface area contributed by atoms with Crippen LogP contribution in [0.3, 0.4) is 0 Å². The highest BCUT2D eigenvalue weighted by Gasteiger charge is 2.42. The molecule has 0 spiro atoms. The molecule has 3 aromatic rings. The van der Waals surface area contributed by atoms with Gasteiger partial charge < -0.3 is 9.64 Å². The predicted molar refractivity (Wildman–Crippen MR) is 116 cm³/mol. The highest BCUT2D eigenvalue weighted by Crippen LogP contribution is 2.37. The van der Waals surface area contributed by atoms with Crippen molar-refractivity contribution in [3.05, 3.63) is 89.7 Å². The van der Waals surface area contributed by atoms with Gasteiger partial charge in [-0.3, -0.25) is 14.7 Å². The van der Waals surface area contributed by atoms with Gasteiger partial charge in [-0.15, -0.1) is 0 Å². The molecule has 3 heterocycles. The van der Waals surface area contributed by atoms with E-state index in [9.17, 15) is 4.79 Å². The molecule has 0 radical (unpaired) electrons. The van der Waals surface area contributed by atoms with E-state index in [1.54, 1.807) is 6.20 Å². The third-order valence-corrected chi connectivity index (χ3v) is 6.06. The van der Waals surface area contributed by atoms with Gasteiger partial charge in [-0.1, -0.05) is 42.5 Å². The van der Waals surface area contributed by atoms with Crippen LogP contribution in [0.5, 0.6) is 5.75 Å². The number of pyridine rings is 1. The number of aryl methyl sites for hydroxylation is 1. The van der Waals surface area contributed by atoms with Gasteiger partial charge in [0.2, 0.25) is 5.91 Å². The number of likely N-dealkylation sites (tertiary alicyclic amines) is 1. The van der Waals surface area contributed by atoms with Gasteiger partial charge in [0, 0.05) is 31.9 Å². The second kappa shape index (κ2) is 7.92. The molecule has 152 valence electrons. The largest absolute Gasteiger partial charge is 0.487 e. The summed E-state index contributed by atoms with van der Waals surface area (Å²) < 4.78 is 6.39. The lowest BCUT2D eigenvalue weighted by Crippen LogP contribution is -2.45. The highest BCUT2D eigenvalue weighted by molar-refractivity contribution is 5.99. The van der Waals surface area contributed by atoms with Gasteiger partial charge in [0.15, 0.2) is 0 Å². The second-order valence-corrected chi connectivity index (χ2v) is 8.10. The van der Waals surface area contributed by atoms with Gasteiger partial charge in [0.25, 0.3) is 0 Å². The molecule has 5 rings (SSSR count). The number of carbonyl (C=O) groups is 1. The standard InChI is InChI=1S/C25H25N3O2/c1-18-7-2-3-9-20(18)16-27-17-21-13-23(27)25(29)28(15-19-8-6-12-26-14-19)22-10-4-5-11-24(22)30-21/h2-12,14,21,23H,13,15-17H2,1H3. The van der Waals surface area contributed by atoms with Gasteiger partial charge in [-0.25, -0.2) is 0 Å². The molecule has 1 saturated heterocycles.